The summed E-state index contributed by atoms with van der Waals surface area (Å²) in [5.74, 6) is -0.0380. The van der Waals surface area contributed by atoms with Crippen molar-refractivity contribution in [3.8, 4) is 0 Å². The van der Waals surface area contributed by atoms with Gasteiger partial charge in [-0.15, -0.1) is 12.4 Å². The lowest BCUT2D eigenvalue weighted by Crippen LogP contribution is -2.29. The van der Waals surface area contributed by atoms with Crippen molar-refractivity contribution in [2.75, 3.05) is 13.1 Å². The van der Waals surface area contributed by atoms with Gasteiger partial charge in [-0.25, -0.2) is 0 Å². The minimum absolute atomic E-state index is 0. The second kappa shape index (κ2) is 7.15. The molecule has 0 radical (unpaired) electrons. The van der Waals surface area contributed by atoms with E-state index in [0.29, 0.717) is 0 Å². The fourth-order valence-electron chi connectivity index (χ4n) is 1.77. The van der Waals surface area contributed by atoms with Gasteiger partial charge in [0.15, 0.2) is 0 Å². The van der Waals surface area contributed by atoms with Crippen LogP contribution in [0, 0.1) is 5.92 Å². The Morgan fingerprint density at radius 1 is 1.31 bits per heavy atom. The first kappa shape index (κ1) is 12.7. The van der Waals surface area contributed by atoms with Gasteiger partial charge in [-0.2, -0.15) is 0 Å². The minimum Gasteiger partial charge on any atom is -0.480 e. The van der Waals surface area contributed by atoms with Crippen molar-refractivity contribution in [2.24, 2.45) is 5.92 Å². The summed E-state index contributed by atoms with van der Waals surface area (Å²) in [6, 6.07) is 0. The van der Waals surface area contributed by atoms with Gasteiger partial charge in [0.25, 0.3) is 0 Å². The van der Waals surface area contributed by atoms with Crippen LogP contribution in [0.5, 0.6) is 0 Å². The molecular formula is C9H18ClNO2. The molecule has 1 saturated carbocycles. The quantitative estimate of drug-likeness (QED) is 0.737. The molecular weight excluding hydrogens is 190 g/mol. The van der Waals surface area contributed by atoms with Crippen LogP contribution in [0.2, 0.25) is 0 Å². The maximum absolute atomic E-state index is 10.2. The topological polar surface area (TPSA) is 49.3 Å². The van der Waals surface area contributed by atoms with Crippen LogP contribution in [-0.4, -0.2) is 24.2 Å². The van der Waals surface area contributed by atoms with Gasteiger partial charge in [-0.1, -0.05) is 19.3 Å². The van der Waals surface area contributed by atoms with E-state index in [4.69, 9.17) is 5.11 Å². The molecule has 0 unspecified atom stereocenters. The molecule has 0 saturated heterocycles. The monoisotopic (exact) mass is 207 g/mol. The van der Waals surface area contributed by atoms with Gasteiger partial charge in [0.1, 0.15) is 0 Å². The number of hydrogen-bond donors (Lipinski definition) is 2. The second-order valence-corrected chi connectivity index (χ2v) is 3.53. The number of hydrogen-bond acceptors (Lipinski definition) is 2. The van der Waals surface area contributed by atoms with Crippen molar-refractivity contribution in [2.45, 2.75) is 32.1 Å². The van der Waals surface area contributed by atoms with E-state index < -0.39 is 5.97 Å². The third-order valence-corrected chi connectivity index (χ3v) is 2.43. The first-order valence-electron chi connectivity index (χ1n) is 4.71. The van der Waals surface area contributed by atoms with E-state index in [1.165, 1.54) is 32.1 Å². The molecule has 78 valence electrons. The van der Waals surface area contributed by atoms with Crippen LogP contribution in [0.3, 0.4) is 0 Å². The Hall–Kier alpha value is -0.280. The van der Waals surface area contributed by atoms with Crippen molar-refractivity contribution in [1.29, 1.82) is 0 Å². The molecule has 2 N–H and O–H groups in total. The van der Waals surface area contributed by atoms with E-state index in [-0.39, 0.29) is 19.0 Å². The van der Waals surface area contributed by atoms with Gasteiger partial charge < -0.3 is 10.4 Å². The molecule has 0 aliphatic heterocycles. The average Bonchev–Trinajstić information content (AvgIpc) is 2.05. The van der Waals surface area contributed by atoms with Gasteiger partial charge >= 0.3 is 5.97 Å². The summed E-state index contributed by atoms with van der Waals surface area (Å²) < 4.78 is 0. The summed E-state index contributed by atoms with van der Waals surface area (Å²) in [4.78, 5) is 10.2. The summed E-state index contributed by atoms with van der Waals surface area (Å²) >= 11 is 0. The highest BCUT2D eigenvalue weighted by Gasteiger charge is 2.12. The minimum atomic E-state index is -0.759. The van der Waals surface area contributed by atoms with E-state index in [2.05, 4.69) is 5.32 Å². The lowest BCUT2D eigenvalue weighted by Gasteiger charge is -2.21. The molecule has 0 bridgehead atoms. The van der Waals surface area contributed by atoms with Gasteiger partial charge in [-0.05, 0) is 25.3 Å². The molecule has 0 aromatic carbocycles. The molecule has 1 fully saturated rings. The summed E-state index contributed by atoms with van der Waals surface area (Å²) in [5, 5.41) is 11.3. The van der Waals surface area contributed by atoms with Crippen LogP contribution in [0.15, 0.2) is 0 Å². The highest BCUT2D eigenvalue weighted by molar-refractivity contribution is 5.85. The lowest BCUT2D eigenvalue weighted by atomic mass is 9.89. The number of nitrogens with one attached hydrogen (secondary N) is 1. The molecule has 13 heavy (non-hydrogen) atoms. The third kappa shape index (κ3) is 5.88. The second-order valence-electron chi connectivity index (χ2n) is 3.53. The maximum Gasteiger partial charge on any atom is 0.317 e. The predicted molar refractivity (Wildman–Crippen MR) is 54.3 cm³/mol. The van der Waals surface area contributed by atoms with Crippen LogP contribution in [0.25, 0.3) is 0 Å². The summed E-state index contributed by atoms with van der Waals surface area (Å²) in [5.41, 5.74) is 0. The summed E-state index contributed by atoms with van der Waals surface area (Å²) in [6.07, 6.45) is 6.54. The Bertz CT molecular complexity index is 147. The average molecular weight is 208 g/mol. The number of rotatable bonds is 4. The molecule has 3 nitrogen and oxygen atoms in total. The molecule has 1 rings (SSSR count). The fourth-order valence-corrected chi connectivity index (χ4v) is 1.77. The van der Waals surface area contributed by atoms with E-state index in [9.17, 15) is 4.79 Å². The van der Waals surface area contributed by atoms with E-state index >= 15 is 0 Å². The molecule has 0 amide bonds. The smallest absolute Gasteiger partial charge is 0.317 e. The van der Waals surface area contributed by atoms with Crippen molar-refractivity contribution < 1.29 is 9.90 Å². The molecule has 0 aromatic heterocycles. The zero-order chi connectivity index (χ0) is 8.81. The molecule has 0 aromatic rings. The number of aliphatic carboxylic acids is 1. The van der Waals surface area contributed by atoms with Crippen LogP contribution in [-0.2, 0) is 4.79 Å². The first-order valence-corrected chi connectivity index (χ1v) is 4.71. The zero-order valence-corrected chi connectivity index (χ0v) is 8.61. The first-order chi connectivity index (χ1) is 5.79. The number of carboxylic acids is 1. The standard InChI is InChI=1S/C9H17NO2.ClH/c11-9(12)7-10-6-8-4-2-1-3-5-8;/h8,10H,1-7H2,(H,11,12);1H. The summed E-state index contributed by atoms with van der Waals surface area (Å²) in [6.45, 7) is 0.989. The van der Waals surface area contributed by atoms with Gasteiger partial charge in [-0.3, -0.25) is 4.79 Å². The Kier molecular flexibility index (Phi) is 7.00. The maximum atomic E-state index is 10.2. The summed E-state index contributed by atoms with van der Waals surface area (Å²) in [7, 11) is 0. The Morgan fingerprint density at radius 2 is 1.92 bits per heavy atom. The number of halogens is 1. The fraction of sp³-hybridized carbons (Fsp3) is 0.889. The van der Waals surface area contributed by atoms with Crippen LogP contribution in [0.1, 0.15) is 32.1 Å². The Labute approximate surface area is 85.3 Å². The molecule has 1 aliphatic carbocycles. The molecule has 0 spiro atoms. The van der Waals surface area contributed by atoms with E-state index in [1.54, 1.807) is 0 Å². The Morgan fingerprint density at radius 3 is 2.46 bits per heavy atom. The van der Waals surface area contributed by atoms with Gasteiger partial charge in [0.2, 0.25) is 0 Å². The Balaban J connectivity index is 0.00000144. The number of carbonyl (C=O) groups is 1. The zero-order valence-electron chi connectivity index (χ0n) is 7.79. The molecule has 4 heteroatoms. The lowest BCUT2D eigenvalue weighted by molar-refractivity contribution is -0.136. The van der Waals surface area contributed by atoms with Gasteiger partial charge in [0.05, 0.1) is 6.54 Å². The SMILES string of the molecule is Cl.O=C(O)CNCC1CCCCC1. The van der Waals surface area contributed by atoms with Gasteiger partial charge in [0, 0.05) is 0 Å². The molecule has 0 atom stereocenters. The van der Waals surface area contributed by atoms with Crippen molar-refractivity contribution in [3.63, 3.8) is 0 Å². The predicted octanol–water partition coefficient (Wildman–Crippen LogP) is 1.66. The van der Waals surface area contributed by atoms with Crippen molar-refractivity contribution in [1.82, 2.24) is 5.32 Å². The molecule has 1 aliphatic rings. The third-order valence-electron chi connectivity index (χ3n) is 2.43. The van der Waals surface area contributed by atoms with Crippen molar-refractivity contribution in [3.05, 3.63) is 0 Å². The molecule has 0 heterocycles. The van der Waals surface area contributed by atoms with Crippen LogP contribution in [0.4, 0.5) is 0 Å². The van der Waals surface area contributed by atoms with Crippen LogP contribution >= 0.6 is 12.4 Å². The van der Waals surface area contributed by atoms with E-state index in [0.717, 1.165) is 12.5 Å². The largest absolute Gasteiger partial charge is 0.480 e. The number of carboxylic acid groups (broad SMARTS) is 1. The normalized spacial score (nSPS) is 17.8. The van der Waals surface area contributed by atoms with Crippen LogP contribution < -0.4 is 5.32 Å². The van der Waals surface area contributed by atoms with E-state index in [1.807, 2.05) is 0 Å². The highest BCUT2D eigenvalue weighted by Crippen LogP contribution is 2.22. The van der Waals surface area contributed by atoms with Crippen molar-refractivity contribution >= 4 is 18.4 Å². The highest BCUT2D eigenvalue weighted by atomic mass is 35.5.